The molecule has 2 heterocycles. The molecule has 3 aliphatic rings. The SMILES string of the molecule is CCCC1(CN2CCN(CC3CC3)CC2)CCNC1. The molecule has 1 atom stereocenters. The monoisotopic (exact) mass is 265 g/mol. The lowest BCUT2D eigenvalue weighted by molar-refractivity contribution is 0.0845. The van der Waals surface area contributed by atoms with Gasteiger partial charge in [0.2, 0.25) is 0 Å². The normalized spacial score (nSPS) is 33.9. The molecule has 0 aromatic carbocycles. The van der Waals surface area contributed by atoms with Gasteiger partial charge in [-0.05, 0) is 43.6 Å². The zero-order valence-corrected chi connectivity index (χ0v) is 12.7. The summed E-state index contributed by atoms with van der Waals surface area (Å²) in [4.78, 5) is 5.44. The lowest BCUT2D eigenvalue weighted by Gasteiger charge is -2.40. The van der Waals surface area contributed by atoms with E-state index in [2.05, 4.69) is 22.0 Å². The van der Waals surface area contributed by atoms with Crippen LogP contribution in [0.4, 0.5) is 0 Å². The van der Waals surface area contributed by atoms with Gasteiger partial charge in [-0.3, -0.25) is 0 Å². The van der Waals surface area contributed by atoms with Crippen LogP contribution >= 0.6 is 0 Å². The van der Waals surface area contributed by atoms with Gasteiger partial charge in [0, 0.05) is 45.8 Å². The van der Waals surface area contributed by atoms with Crippen LogP contribution in [-0.2, 0) is 0 Å². The maximum atomic E-state index is 3.59. The van der Waals surface area contributed by atoms with Crippen molar-refractivity contribution in [2.75, 3.05) is 52.4 Å². The van der Waals surface area contributed by atoms with Gasteiger partial charge >= 0.3 is 0 Å². The zero-order valence-electron chi connectivity index (χ0n) is 12.7. The Bertz CT molecular complexity index is 274. The van der Waals surface area contributed by atoms with Crippen LogP contribution in [0.3, 0.4) is 0 Å². The fraction of sp³-hybridized carbons (Fsp3) is 1.00. The molecule has 0 spiro atoms. The Labute approximate surface area is 118 Å². The van der Waals surface area contributed by atoms with Crippen molar-refractivity contribution in [2.24, 2.45) is 11.3 Å². The summed E-state index contributed by atoms with van der Waals surface area (Å²) in [5.41, 5.74) is 0.591. The first kappa shape index (κ1) is 13.8. The van der Waals surface area contributed by atoms with Gasteiger partial charge in [0.1, 0.15) is 0 Å². The maximum absolute atomic E-state index is 3.59. The van der Waals surface area contributed by atoms with E-state index >= 15 is 0 Å². The fourth-order valence-corrected chi connectivity index (χ4v) is 4.02. The average molecular weight is 265 g/mol. The average Bonchev–Trinajstić information content (AvgIpc) is 3.11. The third-order valence-electron chi connectivity index (χ3n) is 5.35. The van der Waals surface area contributed by atoms with E-state index in [1.807, 2.05) is 0 Å². The van der Waals surface area contributed by atoms with Gasteiger partial charge in [-0.15, -0.1) is 0 Å². The number of hydrogen-bond acceptors (Lipinski definition) is 3. The third-order valence-corrected chi connectivity index (χ3v) is 5.35. The molecule has 0 aromatic rings. The number of nitrogens with zero attached hydrogens (tertiary/aromatic N) is 2. The Balaban J connectivity index is 1.44. The van der Waals surface area contributed by atoms with Gasteiger partial charge in [0.15, 0.2) is 0 Å². The summed E-state index contributed by atoms with van der Waals surface area (Å²) in [6, 6.07) is 0. The van der Waals surface area contributed by atoms with E-state index in [4.69, 9.17) is 0 Å². The molecule has 2 aliphatic heterocycles. The lowest BCUT2D eigenvalue weighted by Crippen LogP contribution is -2.50. The van der Waals surface area contributed by atoms with Crippen LogP contribution in [0, 0.1) is 11.3 Å². The number of hydrogen-bond donors (Lipinski definition) is 1. The van der Waals surface area contributed by atoms with Crippen LogP contribution in [0.1, 0.15) is 39.0 Å². The second-order valence-corrected chi connectivity index (χ2v) is 7.20. The highest BCUT2D eigenvalue weighted by Gasteiger charge is 2.35. The number of rotatable bonds is 6. The van der Waals surface area contributed by atoms with Crippen LogP contribution in [0.5, 0.6) is 0 Å². The molecule has 0 aromatic heterocycles. The van der Waals surface area contributed by atoms with Gasteiger partial charge in [-0.1, -0.05) is 13.3 Å². The van der Waals surface area contributed by atoms with Crippen LogP contribution in [0.2, 0.25) is 0 Å². The van der Waals surface area contributed by atoms with E-state index in [0.29, 0.717) is 5.41 Å². The van der Waals surface area contributed by atoms with Crippen molar-refractivity contribution in [1.82, 2.24) is 15.1 Å². The summed E-state index contributed by atoms with van der Waals surface area (Å²) in [6.07, 6.45) is 7.12. The van der Waals surface area contributed by atoms with Gasteiger partial charge < -0.3 is 15.1 Å². The quantitative estimate of drug-likeness (QED) is 0.790. The predicted octanol–water partition coefficient (Wildman–Crippen LogP) is 1.79. The first-order chi connectivity index (χ1) is 9.30. The molecule has 0 bridgehead atoms. The van der Waals surface area contributed by atoms with Gasteiger partial charge in [0.05, 0.1) is 0 Å². The van der Waals surface area contributed by atoms with Crippen LogP contribution in [0.25, 0.3) is 0 Å². The summed E-state index contributed by atoms with van der Waals surface area (Å²) < 4.78 is 0. The summed E-state index contributed by atoms with van der Waals surface area (Å²) >= 11 is 0. The molecule has 3 fully saturated rings. The van der Waals surface area contributed by atoms with Crippen LogP contribution in [-0.4, -0.2) is 62.2 Å². The molecule has 3 heteroatoms. The van der Waals surface area contributed by atoms with E-state index in [0.717, 1.165) is 5.92 Å². The molecular weight excluding hydrogens is 234 g/mol. The molecule has 3 rings (SSSR count). The van der Waals surface area contributed by atoms with Crippen LogP contribution < -0.4 is 5.32 Å². The minimum Gasteiger partial charge on any atom is -0.316 e. The molecule has 2 saturated heterocycles. The number of nitrogens with one attached hydrogen (secondary N) is 1. The Morgan fingerprint density at radius 1 is 1.11 bits per heavy atom. The molecule has 3 nitrogen and oxygen atoms in total. The van der Waals surface area contributed by atoms with Crippen molar-refractivity contribution in [2.45, 2.75) is 39.0 Å². The minimum absolute atomic E-state index is 0.591. The lowest BCUT2D eigenvalue weighted by atomic mass is 9.82. The first-order valence-corrected chi connectivity index (χ1v) is 8.45. The number of piperazine rings is 1. The molecule has 110 valence electrons. The molecule has 1 unspecified atom stereocenters. The molecule has 19 heavy (non-hydrogen) atoms. The summed E-state index contributed by atoms with van der Waals surface area (Å²) in [6.45, 7) is 12.8. The Morgan fingerprint density at radius 3 is 2.42 bits per heavy atom. The molecule has 1 N–H and O–H groups in total. The molecule has 0 radical (unpaired) electrons. The van der Waals surface area contributed by atoms with Gasteiger partial charge in [0.25, 0.3) is 0 Å². The maximum Gasteiger partial charge on any atom is 0.0110 e. The molecular formula is C16H31N3. The molecule has 0 amide bonds. The predicted molar refractivity (Wildman–Crippen MR) is 80.4 cm³/mol. The van der Waals surface area contributed by atoms with Gasteiger partial charge in [-0.2, -0.15) is 0 Å². The van der Waals surface area contributed by atoms with Crippen molar-refractivity contribution < 1.29 is 0 Å². The highest BCUT2D eigenvalue weighted by atomic mass is 15.3. The second-order valence-electron chi connectivity index (χ2n) is 7.20. The van der Waals surface area contributed by atoms with E-state index in [-0.39, 0.29) is 0 Å². The molecule has 1 saturated carbocycles. The molecule has 1 aliphatic carbocycles. The second kappa shape index (κ2) is 6.11. The highest BCUT2D eigenvalue weighted by Crippen LogP contribution is 2.33. The van der Waals surface area contributed by atoms with Crippen LogP contribution in [0.15, 0.2) is 0 Å². The van der Waals surface area contributed by atoms with Crippen molar-refractivity contribution in [3.8, 4) is 0 Å². The topological polar surface area (TPSA) is 18.5 Å². The van der Waals surface area contributed by atoms with Crippen molar-refractivity contribution in [1.29, 1.82) is 0 Å². The third kappa shape index (κ3) is 3.71. The first-order valence-electron chi connectivity index (χ1n) is 8.45. The minimum atomic E-state index is 0.591. The Kier molecular flexibility index (Phi) is 4.45. The van der Waals surface area contributed by atoms with Crippen molar-refractivity contribution in [3.63, 3.8) is 0 Å². The van der Waals surface area contributed by atoms with E-state index < -0.39 is 0 Å². The summed E-state index contributed by atoms with van der Waals surface area (Å²) in [7, 11) is 0. The highest BCUT2D eigenvalue weighted by molar-refractivity contribution is 4.91. The van der Waals surface area contributed by atoms with E-state index in [1.54, 1.807) is 0 Å². The van der Waals surface area contributed by atoms with E-state index in [1.165, 1.54) is 84.5 Å². The summed E-state index contributed by atoms with van der Waals surface area (Å²) in [5, 5.41) is 3.59. The van der Waals surface area contributed by atoms with Gasteiger partial charge in [-0.25, -0.2) is 0 Å². The fourth-order valence-electron chi connectivity index (χ4n) is 4.02. The van der Waals surface area contributed by atoms with Crippen molar-refractivity contribution >= 4 is 0 Å². The Morgan fingerprint density at radius 2 is 1.84 bits per heavy atom. The smallest absolute Gasteiger partial charge is 0.0110 e. The zero-order chi connectivity index (χ0) is 13.1. The van der Waals surface area contributed by atoms with E-state index in [9.17, 15) is 0 Å². The summed E-state index contributed by atoms with van der Waals surface area (Å²) in [5.74, 6) is 1.05. The largest absolute Gasteiger partial charge is 0.316 e. The Hall–Kier alpha value is -0.120. The van der Waals surface area contributed by atoms with Crippen molar-refractivity contribution in [3.05, 3.63) is 0 Å². The standard InChI is InChI=1S/C16H31N3/c1-2-5-16(6-7-17-13-16)14-19-10-8-18(9-11-19)12-15-3-4-15/h15,17H,2-14H2,1H3.